The summed E-state index contributed by atoms with van der Waals surface area (Å²) >= 11 is 0. The van der Waals surface area contributed by atoms with E-state index in [0.29, 0.717) is 32.1 Å². The summed E-state index contributed by atoms with van der Waals surface area (Å²) in [4.78, 5) is 40.5. The minimum atomic E-state index is -4.50. The van der Waals surface area contributed by atoms with Gasteiger partial charge in [-0.15, -0.1) is 0 Å². The van der Waals surface area contributed by atoms with Crippen molar-refractivity contribution in [1.29, 1.82) is 5.26 Å². The number of nitriles is 1. The van der Waals surface area contributed by atoms with E-state index in [1.54, 1.807) is 6.92 Å². The van der Waals surface area contributed by atoms with Crippen molar-refractivity contribution in [3.05, 3.63) is 11.6 Å². The molecule has 0 bridgehead atoms. The molecule has 0 heterocycles. The average Bonchev–Trinajstić information content (AvgIpc) is 2.91. The number of rotatable bonds is 9. The summed E-state index contributed by atoms with van der Waals surface area (Å²) in [6.45, 7) is 19.0. The van der Waals surface area contributed by atoms with Crippen LogP contribution in [-0.4, -0.2) is 30.2 Å². The second-order valence-corrected chi connectivity index (χ2v) is 16.3. The molecule has 7 atom stereocenters. The van der Waals surface area contributed by atoms with E-state index in [0.717, 1.165) is 19.3 Å². The molecule has 0 radical (unpaired) electrons. The first kappa shape index (κ1) is 35.3. The lowest BCUT2D eigenvalue weighted by molar-refractivity contribution is -0.188. The van der Waals surface area contributed by atoms with Gasteiger partial charge in [-0.3, -0.25) is 14.4 Å². The molecule has 3 aliphatic rings. The van der Waals surface area contributed by atoms with E-state index in [1.807, 2.05) is 26.8 Å². The van der Waals surface area contributed by atoms with Crippen molar-refractivity contribution in [3.8, 4) is 6.07 Å². The van der Waals surface area contributed by atoms with Gasteiger partial charge in [0.05, 0.1) is 5.57 Å². The van der Waals surface area contributed by atoms with Gasteiger partial charge >= 0.3 is 6.18 Å². The molecule has 8 heteroatoms. The molecule has 242 valence electrons. The molecule has 1 unspecified atom stereocenters. The van der Waals surface area contributed by atoms with Gasteiger partial charge in [-0.2, -0.15) is 18.4 Å². The molecule has 0 aromatic rings. The monoisotopic (exact) mass is 606 g/mol. The Morgan fingerprint density at radius 3 is 2.19 bits per heavy atom. The summed E-state index contributed by atoms with van der Waals surface area (Å²) in [5, 5.41) is 12.1. The number of carbonyl (C=O) groups is 3. The molecule has 3 rings (SSSR count). The fourth-order valence-corrected chi connectivity index (χ4v) is 9.09. The van der Waals surface area contributed by atoms with Crippen molar-refractivity contribution in [2.45, 2.75) is 127 Å². The number of halogens is 3. The lowest BCUT2D eigenvalue weighted by atomic mass is 9.35. The molecule has 0 spiro atoms. The molecule has 0 aromatic carbocycles. The molecule has 1 amide bonds. The molecular formula is C35H53F3N2O3. The van der Waals surface area contributed by atoms with Gasteiger partial charge in [-0.25, -0.2) is 0 Å². The minimum Gasteiger partial charge on any atom is -0.347 e. The lowest BCUT2D eigenvalue weighted by Gasteiger charge is -2.68. The van der Waals surface area contributed by atoms with Crippen LogP contribution in [0.5, 0.6) is 0 Å². The highest BCUT2D eigenvalue weighted by molar-refractivity contribution is 6.04. The van der Waals surface area contributed by atoms with Crippen molar-refractivity contribution in [3.63, 3.8) is 0 Å². The van der Waals surface area contributed by atoms with Gasteiger partial charge in [0.2, 0.25) is 5.91 Å². The van der Waals surface area contributed by atoms with Gasteiger partial charge in [0.1, 0.15) is 18.4 Å². The summed E-state index contributed by atoms with van der Waals surface area (Å²) in [5.41, 5.74) is -3.13. The van der Waals surface area contributed by atoms with Crippen LogP contribution in [0.15, 0.2) is 11.6 Å². The van der Waals surface area contributed by atoms with Crippen LogP contribution in [0, 0.1) is 61.6 Å². The number of nitrogens with one attached hydrogen (secondary N) is 1. The third-order valence-electron chi connectivity index (χ3n) is 13.2. The maximum Gasteiger partial charge on any atom is 0.405 e. The Labute approximate surface area is 256 Å². The Balaban J connectivity index is 2.04. The van der Waals surface area contributed by atoms with Gasteiger partial charge in [-0.05, 0) is 72.0 Å². The van der Waals surface area contributed by atoms with Crippen LogP contribution in [0.4, 0.5) is 13.2 Å². The Hall–Kier alpha value is -2.17. The van der Waals surface area contributed by atoms with Gasteiger partial charge in [-0.1, -0.05) is 81.7 Å². The number of hydrogen-bond acceptors (Lipinski definition) is 4. The van der Waals surface area contributed by atoms with Crippen molar-refractivity contribution < 1.29 is 27.6 Å². The summed E-state index contributed by atoms with van der Waals surface area (Å²) in [6, 6.07) is 2.13. The van der Waals surface area contributed by atoms with E-state index >= 15 is 0 Å². The van der Waals surface area contributed by atoms with E-state index in [1.165, 1.54) is 0 Å². The standard InChI is InChI=1S/C35H53F3N2O3/c1-11-29(3,4)14-15-31(7,28(43)40-21-35(36,37)38)16-17-33(9)22(2)24(41)18-26-32(8)19-23(20-39)27(42)30(5,6)25(32)12-13-34(26,33)10/h19,22,25-26H,11-18,21H2,1-10H3,(H,40,43)/t22?,25-,26+,31-,32-,33+,34+/m0/s1. The highest BCUT2D eigenvalue weighted by Crippen LogP contribution is 2.71. The Bertz CT molecular complexity index is 1210. The number of amides is 1. The summed E-state index contributed by atoms with van der Waals surface area (Å²) in [7, 11) is 0. The number of nitrogens with zero attached hydrogens (tertiary/aromatic N) is 1. The molecule has 0 aromatic heterocycles. The van der Waals surface area contributed by atoms with E-state index in [9.17, 15) is 32.8 Å². The summed E-state index contributed by atoms with van der Waals surface area (Å²) in [6.07, 6.45) is 2.13. The average molecular weight is 607 g/mol. The normalized spacial score (nSPS) is 35.6. The van der Waals surface area contributed by atoms with Crippen molar-refractivity contribution in [2.75, 3.05) is 6.54 Å². The van der Waals surface area contributed by atoms with E-state index < -0.39 is 40.3 Å². The fraction of sp³-hybridized carbons (Fsp3) is 0.829. The molecule has 0 aliphatic heterocycles. The molecule has 43 heavy (non-hydrogen) atoms. The quantitative estimate of drug-likeness (QED) is 0.286. The zero-order valence-corrected chi connectivity index (χ0v) is 28.0. The third kappa shape index (κ3) is 6.08. The maximum atomic E-state index is 13.8. The van der Waals surface area contributed by atoms with Crippen molar-refractivity contribution in [2.24, 2.45) is 50.2 Å². The molecule has 2 fully saturated rings. The number of ketones is 2. The topological polar surface area (TPSA) is 87.0 Å². The molecule has 3 aliphatic carbocycles. The SMILES string of the molecule is CCC(C)(C)CC[C@@](C)(CC[C@]1(C)C(C)C(=O)C[C@@H]2[C@@]3(C)C=C(C#N)C(=O)C(C)(C)[C@@H]3CC[C@]21C)C(=O)NCC(F)(F)F. The molecule has 2 saturated carbocycles. The zero-order valence-electron chi connectivity index (χ0n) is 28.0. The van der Waals surface area contributed by atoms with Crippen LogP contribution >= 0.6 is 0 Å². The second kappa shape index (κ2) is 11.3. The van der Waals surface area contributed by atoms with Crippen LogP contribution in [0.25, 0.3) is 0 Å². The molecular weight excluding hydrogens is 553 g/mol. The van der Waals surface area contributed by atoms with E-state index in [4.69, 9.17) is 0 Å². The Morgan fingerprint density at radius 2 is 1.65 bits per heavy atom. The molecule has 5 nitrogen and oxygen atoms in total. The second-order valence-electron chi connectivity index (χ2n) is 16.3. The number of fused-ring (bicyclic) bond motifs is 3. The number of Topliss-reactive ketones (excluding diaryl/α,β-unsaturated/α-hetero) is 2. The van der Waals surface area contributed by atoms with Gasteiger partial charge in [0, 0.05) is 23.2 Å². The van der Waals surface area contributed by atoms with Gasteiger partial charge in [0.15, 0.2) is 5.78 Å². The van der Waals surface area contributed by atoms with Crippen molar-refractivity contribution in [1.82, 2.24) is 5.32 Å². The highest BCUT2D eigenvalue weighted by Gasteiger charge is 2.67. The largest absolute Gasteiger partial charge is 0.405 e. The summed E-state index contributed by atoms with van der Waals surface area (Å²) < 4.78 is 39.3. The third-order valence-corrected chi connectivity index (χ3v) is 13.2. The predicted octanol–water partition coefficient (Wildman–Crippen LogP) is 8.38. The molecule has 1 N–H and O–H groups in total. The molecule has 0 saturated heterocycles. The van der Waals surface area contributed by atoms with Crippen LogP contribution in [-0.2, 0) is 14.4 Å². The van der Waals surface area contributed by atoms with Crippen LogP contribution in [0.3, 0.4) is 0 Å². The van der Waals surface area contributed by atoms with Crippen LogP contribution in [0.2, 0.25) is 0 Å². The number of carbonyl (C=O) groups excluding carboxylic acids is 3. The maximum absolute atomic E-state index is 13.8. The lowest BCUT2D eigenvalue weighted by Crippen LogP contribution is -2.64. The highest BCUT2D eigenvalue weighted by atomic mass is 19.4. The first-order valence-corrected chi connectivity index (χ1v) is 16.0. The number of allylic oxidation sites excluding steroid dienone is 2. The Kier molecular flexibility index (Phi) is 9.30. The Morgan fingerprint density at radius 1 is 1.05 bits per heavy atom. The van der Waals surface area contributed by atoms with Crippen molar-refractivity contribution >= 4 is 17.5 Å². The number of hydrogen-bond donors (Lipinski definition) is 1. The number of alkyl halides is 3. The smallest absolute Gasteiger partial charge is 0.347 e. The van der Waals surface area contributed by atoms with Crippen LogP contribution < -0.4 is 5.32 Å². The summed E-state index contributed by atoms with van der Waals surface area (Å²) in [5.74, 6) is -1.06. The minimum absolute atomic E-state index is 0.0252. The van der Waals surface area contributed by atoms with Crippen LogP contribution in [0.1, 0.15) is 121 Å². The van der Waals surface area contributed by atoms with Gasteiger partial charge in [0.25, 0.3) is 0 Å². The van der Waals surface area contributed by atoms with E-state index in [-0.39, 0.29) is 45.7 Å². The zero-order chi connectivity index (χ0) is 33.0. The van der Waals surface area contributed by atoms with E-state index in [2.05, 4.69) is 52.9 Å². The first-order chi connectivity index (χ1) is 19.4. The predicted molar refractivity (Wildman–Crippen MR) is 162 cm³/mol. The fourth-order valence-electron chi connectivity index (χ4n) is 9.09. The first-order valence-electron chi connectivity index (χ1n) is 16.0. The van der Waals surface area contributed by atoms with Gasteiger partial charge < -0.3 is 5.32 Å².